The highest BCUT2D eigenvalue weighted by molar-refractivity contribution is 6.27. The van der Waals surface area contributed by atoms with Crippen molar-refractivity contribution in [1.82, 2.24) is 20.0 Å². The van der Waals surface area contributed by atoms with Crippen molar-refractivity contribution in [1.29, 1.82) is 0 Å². The predicted octanol–water partition coefficient (Wildman–Crippen LogP) is 2.91. The monoisotopic (exact) mass is 489 g/mol. The predicted molar refractivity (Wildman–Crippen MR) is 127 cm³/mol. The molecule has 0 radical (unpaired) electrons. The molecule has 2 saturated heterocycles. The zero-order chi connectivity index (χ0) is 25.0. The van der Waals surface area contributed by atoms with Gasteiger partial charge in [0.25, 0.3) is 5.91 Å². The summed E-state index contributed by atoms with van der Waals surface area (Å²) in [4.78, 5) is 51.4. The number of rotatable bonds is 4. The van der Waals surface area contributed by atoms with Crippen LogP contribution in [0.15, 0.2) is 42.7 Å². The van der Waals surface area contributed by atoms with E-state index in [1.807, 2.05) is 10.7 Å². The van der Waals surface area contributed by atoms with Crippen molar-refractivity contribution in [2.75, 3.05) is 18.0 Å². The van der Waals surface area contributed by atoms with Crippen LogP contribution in [0.1, 0.15) is 42.1 Å². The van der Waals surface area contributed by atoms with Gasteiger partial charge in [-0.1, -0.05) is 12.1 Å². The van der Waals surface area contributed by atoms with Gasteiger partial charge in [-0.25, -0.2) is 4.79 Å². The van der Waals surface area contributed by atoms with Crippen molar-refractivity contribution >= 4 is 40.3 Å². The number of ether oxygens (including phenoxy) is 1. The standard InChI is InChI=1S/C25H23N5O6/c31-21-7-5-19(23(32)27-21)30-18-4-6-20(16-2-1-3-17(22(16)18)24(30)33)36-15-12-26-29(13-15)14-8-10-28(11-9-14)25(34)35/h1-4,6,12-14,19H,5,7-11H2,(H,34,35)(H,27,31,32). The van der Waals surface area contributed by atoms with Gasteiger partial charge in [-0.05, 0) is 37.5 Å². The van der Waals surface area contributed by atoms with Crippen molar-refractivity contribution < 1.29 is 29.0 Å². The molecule has 11 nitrogen and oxygen atoms in total. The van der Waals surface area contributed by atoms with Crippen LogP contribution >= 0.6 is 0 Å². The number of imide groups is 1. The van der Waals surface area contributed by atoms with Gasteiger partial charge in [-0.15, -0.1) is 0 Å². The molecule has 0 aliphatic carbocycles. The highest BCUT2D eigenvalue weighted by Gasteiger charge is 2.41. The minimum atomic E-state index is -0.903. The maximum atomic E-state index is 13.3. The number of nitrogens with zero attached hydrogens (tertiary/aromatic N) is 4. The normalized spacial score (nSPS) is 20.2. The molecule has 0 spiro atoms. The molecular formula is C25H23N5O6. The Bertz CT molecular complexity index is 1420. The second-order valence-corrected chi connectivity index (χ2v) is 9.21. The first-order chi connectivity index (χ1) is 17.4. The van der Waals surface area contributed by atoms with E-state index in [1.54, 1.807) is 36.7 Å². The molecule has 2 N–H and O–H groups in total. The Morgan fingerprint density at radius 2 is 1.89 bits per heavy atom. The van der Waals surface area contributed by atoms with Gasteiger partial charge in [0.15, 0.2) is 5.75 Å². The fourth-order valence-corrected chi connectivity index (χ4v) is 5.33. The van der Waals surface area contributed by atoms with Gasteiger partial charge >= 0.3 is 6.09 Å². The van der Waals surface area contributed by atoms with Crippen LogP contribution in [-0.2, 0) is 9.59 Å². The number of carboxylic acid groups (broad SMARTS) is 1. The van der Waals surface area contributed by atoms with Crippen molar-refractivity contribution in [2.24, 2.45) is 0 Å². The van der Waals surface area contributed by atoms with Crippen molar-refractivity contribution in [3.63, 3.8) is 0 Å². The molecule has 2 fully saturated rings. The Morgan fingerprint density at radius 3 is 2.64 bits per heavy atom. The average molecular weight is 489 g/mol. The quantitative estimate of drug-likeness (QED) is 0.538. The third-order valence-corrected chi connectivity index (χ3v) is 7.12. The molecular weight excluding hydrogens is 466 g/mol. The number of anilines is 1. The summed E-state index contributed by atoms with van der Waals surface area (Å²) in [5.41, 5.74) is 1.10. The maximum Gasteiger partial charge on any atom is 0.407 e. The molecule has 184 valence electrons. The van der Waals surface area contributed by atoms with E-state index >= 15 is 0 Å². The summed E-state index contributed by atoms with van der Waals surface area (Å²) in [5, 5.41) is 17.3. The van der Waals surface area contributed by atoms with Crippen LogP contribution in [0.3, 0.4) is 0 Å². The highest BCUT2D eigenvalue weighted by atomic mass is 16.5. The summed E-state index contributed by atoms with van der Waals surface area (Å²) in [5.74, 6) is 0.00374. The Morgan fingerprint density at radius 1 is 1.08 bits per heavy atom. The van der Waals surface area contributed by atoms with Crippen molar-refractivity contribution in [3.8, 4) is 11.5 Å². The van der Waals surface area contributed by atoms with Crippen LogP contribution in [0, 0.1) is 0 Å². The number of carbonyl (C=O) groups excluding carboxylic acids is 3. The summed E-state index contributed by atoms with van der Waals surface area (Å²) in [6.07, 6.45) is 4.31. The fourth-order valence-electron chi connectivity index (χ4n) is 5.33. The molecule has 4 heterocycles. The molecule has 1 unspecified atom stereocenters. The average Bonchev–Trinajstić information content (AvgIpc) is 3.45. The number of benzene rings is 2. The van der Waals surface area contributed by atoms with Crippen LogP contribution in [0.5, 0.6) is 11.5 Å². The smallest absolute Gasteiger partial charge is 0.407 e. The number of likely N-dealkylation sites (tertiary alicyclic amines) is 1. The van der Waals surface area contributed by atoms with Gasteiger partial charge in [0, 0.05) is 35.8 Å². The van der Waals surface area contributed by atoms with Crippen LogP contribution in [-0.4, -0.2) is 62.7 Å². The molecule has 1 atom stereocenters. The SMILES string of the molecule is O=C1CCC(N2C(=O)c3cccc4c(Oc5cnn(C6CCN(C(=O)O)CC6)c5)ccc2c34)C(=O)N1. The zero-order valence-electron chi connectivity index (χ0n) is 19.2. The highest BCUT2D eigenvalue weighted by Crippen LogP contribution is 2.44. The number of carbonyl (C=O) groups is 4. The maximum absolute atomic E-state index is 13.3. The minimum absolute atomic E-state index is 0.0884. The fraction of sp³-hybridized carbons (Fsp3) is 0.320. The lowest BCUT2D eigenvalue weighted by molar-refractivity contribution is -0.134. The van der Waals surface area contributed by atoms with Gasteiger partial charge < -0.3 is 14.7 Å². The van der Waals surface area contributed by atoms with Crippen molar-refractivity contribution in [3.05, 3.63) is 48.3 Å². The third-order valence-electron chi connectivity index (χ3n) is 7.12. The van der Waals surface area contributed by atoms with E-state index in [0.29, 0.717) is 54.1 Å². The van der Waals surface area contributed by atoms with E-state index in [2.05, 4.69) is 10.4 Å². The lowest BCUT2D eigenvalue weighted by Gasteiger charge is -2.30. The van der Waals surface area contributed by atoms with E-state index in [4.69, 9.17) is 9.84 Å². The number of amides is 4. The molecule has 0 bridgehead atoms. The molecule has 2 aromatic carbocycles. The number of piperidine rings is 2. The van der Waals surface area contributed by atoms with Gasteiger partial charge in [-0.3, -0.25) is 29.3 Å². The van der Waals surface area contributed by atoms with Gasteiger partial charge in [0.2, 0.25) is 11.8 Å². The van der Waals surface area contributed by atoms with Crippen LogP contribution in [0.4, 0.5) is 10.5 Å². The molecule has 3 aliphatic rings. The molecule has 6 rings (SSSR count). The summed E-state index contributed by atoms with van der Waals surface area (Å²) in [6.45, 7) is 0.922. The molecule has 3 aromatic rings. The number of aromatic nitrogens is 2. The van der Waals surface area contributed by atoms with Crippen LogP contribution < -0.4 is 15.0 Å². The summed E-state index contributed by atoms with van der Waals surface area (Å²) in [7, 11) is 0. The zero-order valence-corrected chi connectivity index (χ0v) is 19.2. The van der Waals surface area contributed by atoms with E-state index in [1.165, 1.54) is 9.80 Å². The van der Waals surface area contributed by atoms with E-state index in [0.717, 1.165) is 5.39 Å². The number of hydrogen-bond donors (Lipinski definition) is 2. The van der Waals surface area contributed by atoms with E-state index in [-0.39, 0.29) is 30.7 Å². The Labute approximate surface area is 205 Å². The van der Waals surface area contributed by atoms with Gasteiger partial charge in [0.1, 0.15) is 11.8 Å². The summed E-state index contributed by atoms with van der Waals surface area (Å²) in [6, 6.07) is 8.24. The van der Waals surface area contributed by atoms with E-state index in [9.17, 15) is 19.2 Å². The Hall–Kier alpha value is -4.41. The molecule has 3 aliphatic heterocycles. The number of nitrogens with one attached hydrogen (secondary N) is 1. The Kier molecular flexibility index (Phi) is 5.13. The molecule has 11 heteroatoms. The van der Waals surface area contributed by atoms with Crippen LogP contribution in [0.2, 0.25) is 0 Å². The van der Waals surface area contributed by atoms with Gasteiger partial charge in [-0.2, -0.15) is 5.10 Å². The molecule has 1 aromatic heterocycles. The second kappa shape index (κ2) is 8.36. The van der Waals surface area contributed by atoms with Gasteiger partial charge in [0.05, 0.1) is 24.1 Å². The molecule has 0 saturated carbocycles. The first kappa shape index (κ1) is 22.1. The van der Waals surface area contributed by atoms with Crippen molar-refractivity contribution in [2.45, 2.75) is 37.8 Å². The second-order valence-electron chi connectivity index (χ2n) is 9.21. The summed E-state index contributed by atoms with van der Waals surface area (Å²) < 4.78 is 7.98. The summed E-state index contributed by atoms with van der Waals surface area (Å²) >= 11 is 0. The first-order valence-electron chi connectivity index (χ1n) is 11.8. The molecule has 4 amide bonds. The number of hydrogen-bond acceptors (Lipinski definition) is 6. The topological polar surface area (TPSA) is 134 Å². The lowest BCUT2D eigenvalue weighted by Crippen LogP contribution is -2.53. The van der Waals surface area contributed by atoms with E-state index < -0.39 is 18.0 Å². The third kappa shape index (κ3) is 3.55. The van der Waals surface area contributed by atoms with Crippen LogP contribution in [0.25, 0.3) is 10.8 Å². The minimum Gasteiger partial charge on any atom is -0.465 e. The Balaban J connectivity index is 1.27. The largest absolute Gasteiger partial charge is 0.465 e. The molecule has 36 heavy (non-hydrogen) atoms. The first-order valence-corrected chi connectivity index (χ1v) is 11.8. The lowest BCUT2D eigenvalue weighted by atomic mass is 10.0.